The lowest BCUT2D eigenvalue weighted by atomic mass is 10.2. The highest BCUT2D eigenvalue weighted by molar-refractivity contribution is 7.89. The van der Waals surface area contributed by atoms with E-state index in [-0.39, 0.29) is 36.7 Å². The molecule has 1 aromatic carbocycles. The van der Waals surface area contributed by atoms with Crippen LogP contribution >= 0.6 is 12.4 Å². The molecule has 0 aliphatic carbocycles. The van der Waals surface area contributed by atoms with Crippen molar-refractivity contribution in [1.82, 2.24) is 4.72 Å². The first-order valence-electron chi connectivity index (χ1n) is 5.56. The summed E-state index contributed by atoms with van der Waals surface area (Å²) >= 11 is 0. The summed E-state index contributed by atoms with van der Waals surface area (Å²) in [7, 11) is -3.59. The van der Waals surface area contributed by atoms with Gasteiger partial charge in [0.25, 0.3) is 0 Å². The number of nitrogens with two attached hydrogens (primary N) is 1. The number of benzene rings is 1. The largest absolute Gasteiger partial charge is 0.454 e. The van der Waals surface area contributed by atoms with Crippen LogP contribution in [-0.2, 0) is 10.0 Å². The van der Waals surface area contributed by atoms with Crippen molar-refractivity contribution in [3.8, 4) is 11.5 Å². The van der Waals surface area contributed by atoms with Gasteiger partial charge in [-0.1, -0.05) is 0 Å². The van der Waals surface area contributed by atoms with Crippen LogP contribution in [0.1, 0.15) is 12.5 Å². The van der Waals surface area contributed by atoms with Crippen LogP contribution in [0.25, 0.3) is 0 Å². The van der Waals surface area contributed by atoms with E-state index in [4.69, 9.17) is 15.2 Å². The zero-order valence-electron chi connectivity index (χ0n) is 10.7. The molecule has 3 N–H and O–H groups in total. The summed E-state index contributed by atoms with van der Waals surface area (Å²) in [5.41, 5.74) is 6.02. The van der Waals surface area contributed by atoms with Gasteiger partial charge in [-0.05, 0) is 25.5 Å². The van der Waals surface area contributed by atoms with Gasteiger partial charge >= 0.3 is 0 Å². The maximum atomic E-state index is 12.2. The first-order chi connectivity index (χ1) is 8.44. The van der Waals surface area contributed by atoms with Gasteiger partial charge in [-0.25, -0.2) is 13.1 Å². The second-order valence-electron chi connectivity index (χ2n) is 4.23. The average molecular weight is 309 g/mol. The normalized spacial score (nSPS) is 14.9. The highest BCUT2D eigenvalue weighted by Crippen LogP contribution is 2.36. The predicted molar refractivity (Wildman–Crippen MR) is 73.4 cm³/mol. The Labute approximate surface area is 118 Å². The topological polar surface area (TPSA) is 90.7 Å². The fourth-order valence-electron chi connectivity index (χ4n) is 1.69. The second kappa shape index (κ2) is 5.96. The van der Waals surface area contributed by atoms with Crippen molar-refractivity contribution in [1.29, 1.82) is 0 Å². The maximum absolute atomic E-state index is 12.2. The van der Waals surface area contributed by atoms with Crippen molar-refractivity contribution in [2.75, 3.05) is 13.3 Å². The number of hydrogen-bond acceptors (Lipinski definition) is 5. The summed E-state index contributed by atoms with van der Waals surface area (Å²) < 4.78 is 37.2. The van der Waals surface area contributed by atoms with E-state index in [0.717, 1.165) is 0 Å². The Balaban J connectivity index is 0.00000180. The number of aryl methyl sites for hydroxylation is 1. The highest BCUT2D eigenvalue weighted by Gasteiger charge is 2.24. The molecule has 1 aliphatic heterocycles. The van der Waals surface area contributed by atoms with Gasteiger partial charge in [0.2, 0.25) is 16.8 Å². The van der Waals surface area contributed by atoms with Gasteiger partial charge in [0.05, 0.1) is 4.90 Å². The first-order valence-corrected chi connectivity index (χ1v) is 7.05. The summed E-state index contributed by atoms with van der Waals surface area (Å²) in [6.45, 7) is 3.78. The molecule has 0 saturated carbocycles. The molecule has 1 aromatic rings. The van der Waals surface area contributed by atoms with Gasteiger partial charge in [-0.2, -0.15) is 0 Å². The van der Waals surface area contributed by atoms with Crippen LogP contribution in [0.4, 0.5) is 0 Å². The molecule has 0 spiro atoms. The molecule has 0 saturated heterocycles. The average Bonchev–Trinajstić information content (AvgIpc) is 2.74. The summed E-state index contributed by atoms with van der Waals surface area (Å²) in [4.78, 5) is 0.187. The van der Waals surface area contributed by atoms with Gasteiger partial charge in [0.1, 0.15) is 0 Å². The van der Waals surface area contributed by atoms with Crippen molar-refractivity contribution >= 4 is 22.4 Å². The van der Waals surface area contributed by atoms with Crippen molar-refractivity contribution < 1.29 is 17.9 Å². The number of nitrogens with one attached hydrogen (secondary N) is 1. The minimum Gasteiger partial charge on any atom is -0.454 e. The standard InChI is InChI=1S/C11H16N2O4S.ClH/c1-7-3-9-10(17-6-16-9)4-11(7)18(14,15)13-8(2)5-12;/h3-4,8,13H,5-6,12H2,1-2H3;1H/t8-;/m1./s1. The van der Waals surface area contributed by atoms with Crippen LogP contribution in [0, 0.1) is 6.92 Å². The number of halogens is 1. The number of ether oxygens (including phenoxy) is 2. The van der Waals surface area contributed by atoms with Gasteiger partial charge in [0.15, 0.2) is 11.5 Å². The lowest BCUT2D eigenvalue weighted by Gasteiger charge is -2.14. The van der Waals surface area contributed by atoms with E-state index in [1.807, 2.05) is 0 Å². The molecule has 0 radical (unpaired) electrons. The molecular formula is C11H17ClN2O4S. The van der Waals surface area contributed by atoms with Gasteiger partial charge in [-0.15, -0.1) is 12.4 Å². The lowest BCUT2D eigenvalue weighted by molar-refractivity contribution is 0.174. The zero-order chi connectivity index (χ0) is 13.3. The summed E-state index contributed by atoms with van der Waals surface area (Å²) in [6.07, 6.45) is 0. The zero-order valence-corrected chi connectivity index (χ0v) is 12.3. The minimum absolute atomic E-state index is 0. The van der Waals surface area contributed by atoms with Crippen LogP contribution in [0.5, 0.6) is 11.5 Å². The molecule has 8 heteroatoms. The maximum Gasteiger partial charge on any atom is 0.241 e. The summed E-state index contributed by atoms with van der Waals surface area (Å²) in [5, 5.41) is 0. The van der Waals surface area contributed by atoms with E-state index < -0.39 is 10.0 Å². The smallest absolute Gasteiger partial charge is 0.241 e. The molecule has 1 aliphatic rings. The lowest BCUT2D eigenvalue weighted by Crippen LogP contribution is -2.38. The fraction of sp³-hybridized carbons (Fsp3) is 0.455. The number of hydrogen-bond donors (Lipinski definition) is 2. The molecule has 2 rings (SSSR count). The quantitative estimate of drug-likeness (QED) is 0.857. The first kappa shape index (κ1) is 16.0. The van der Waals surface area contributed by atoms with Crippen LogP contribution < -0.4 is 19.9 Å². The van der Waals surface area contributed by atoms with Gasteiger partial charge < -0.3 is 15.2 Å². The van der Waals surface area contributed by atoms with E-state index in [2.05, 4.69) is 4.72 Å². The Hall–Kier alpha value is -1.02. The Morgan fingerprint density at radius 3 is 2.53 bits per heavy atom. The second-order valence-corrected chi connectivity index (χ2v) is 5.91. The monoisotopic (exact) mass is 308 g/mol. The molecule has 0 bridgehead atoms. The van der Waals surface area contributed by atoms with Crippen molar-refractivity contribution in [3.63, 3.8) is 0 Å². The van der Waals surface area contributed by atoms with Crippen LogP contribution in [0.2, 0.25) is 0 Å². The third kappa shape index (κ3) is 3.30. The van der Waals surface area contributed by atoms with Crippen LogP contribution in [0.3, 0.4) is 0 Å². The van der Waals surface area contributed by atoms with Crippen molar-refractivity contribution in [2.24, 2.45) is 5.73 Å². The molecule has 0 unspecified atom stereocenters. The Morgan fingerprint density at radius 1 is 1.37 bits per heavy atom. The molecule has 19 heavy (non-hydrogen) atoms. The molecule has 0 fully saturated rings. The van der Waals surface area contributed by atoms with Crippen LogP contribution in [0.15, 0.2) is 17.0 Å². The summed E-state index contributed by atoms with van der Waals surface area (Å²) in [5.74, 6) is 1.01. The minimum atomic E-state index is -3.59. The van der Waals surface area contributed by atoms with E-state index >= 15 is 0 Å². The van der Waals surface area contributed by atoms with Crippen molar-refractivity contribution in [2.45, 2.75) is 24.8 Å². The Bertz CT molecular complexity index is 562. The molecule has 0 amide bonds. The Morgan fingerprint density at radius 2 is 1.95 bits per heavy atom. The van der Waals surface area contributed by atoms with Crippen LogP contribution in [-0.4, -0.2) is 27.8 Å². The number of fused-ring (bicyclic) bond motifs is 1. The predicted octanol–water partition coefficient (Wildman–Crippen LogP) is 0.771. The summed E-state index contributed by atoms with van der Waals surface area (Å²) in [6, 6.07) is 2.81. The molecule has 6 nitrogen and oxygen atoms in total. The van der Waals surface area contributed by atoms with Crippen molar-refractivity contribution in [3.05, 3.63) is 17.7 Å². The number of rotatable bonds is 4. The number of sulfonamides is 1. The molecule has 1 heterocycles. The van der Waals surface area contributed by atoms with Gasteiger partial charge in [-0.3, -0.25) is 0 Å². The fourth-order valence-corrected chi connectivity index (χ4v) is 3.19. The highest BCUT2D eigenvalue weighted by atomic mass is 35.5. The molecule has 1 atom stereocenters. The van der Waals surface area contributed by atoms with E-state index in [1.54, 1.807) is 19.9 Å². The molecular weight excluding hydrogens is 292 g/mol. The van der Waals surface area contributed by atoms with E-state index in [0.29, 0.717) is 17.1 Å². The van der Waals surface area contributed by atoms with E-state index in [1.165, 1.54) is 6.07 Å². The van der Waals surface area contributed by atoms with Gasteiger partial charge in [0, 0.05) is 18.7 Å². The van der Waals surface area contributed by atoms with E-state index in [9.17, 15) is 8.42 Å². The SMILES string of the molecule is Cc1cc2c(cc1S(=O)(=O)N[C@H](C)CN)OCO2.Cl. The Kier molecular flexibility index (Phi) is 5.03. The molecule has 108 valence electrons. The third-order valence-corrected chi connectivity index (χ3v) is 4.40. The third-order valence-electron chi connectivity index (χ3n) is 2.67. The molecule has 0 aromatic heterocycles.